The quantitative estimate of drug-likeness (QED) is 0.557. The number of hydrogen-bond donors (Lipinski definition) is 3. The average Bonchev–Trinajstić information content (AvgIpc) is 2.70. The van der Waals surface area contributed by atoms with Gasteiger partial charge in [-0.1, -0.05) is 18.2 Å². The smallest absolute Gasteiger partial charge is 0.407 e. The van der Waals surface area contributed by atoms with Gasteiger partial charge in [-0.25, -0.2) is 18.0 Å². The third-order valence-corrected chi connectivity index (χ3v) is 4.04. The zero-order valence-electron chi connectivity index (χ0n) is 17.9. The highest BCUT2D eigenvalue weighted by Gasteiger charge is 2.20. The van der Waals surface area contributed by atoms with Gasteiger partial charge < -0.3 is 20.7 Å². The van der Waals surface area contributed by atoms with Crippen LogP contribution in [0.25, 0.3) is 0 Å². The molecule has 0 atom stereocenters. The Balaban J connectivity index is 1.92. The summed E-state index contributed by atoms with van der Waals surface area (Å²) in [7, 11) is 0. The number of anilines is 1. The van der Waals surface area contributed by atoms with E-state index in [2.05, 4.69) is 16.0 Å². The highest BCUT2D eigenvalue weighted by molar-refractivity contribution is 6.04. The van der Waals surface area contributed by atoms with Crippen LogP contribution in [0.2, 0.25) is 0 Å². The molecule has 2 aromatic rings. The summed E-state index contributed by atoms with van der Waals surface area (Å²) in [5, 5.41) is 7.53. The first-order chi connectivity index (χ1) is 15.0. The molecule has 0 aliphatic heterocycles. The molecule has 0 aromatic heterocycles. The maximum absolute atomic E-state index is 13.9. The van der Waals surface area contributed by atoms with E-state index < -0.39 is 40.6 Å². The molecule has 3 N–H and O–H groups in total. The van der Waals surface area contributed by atoms with Gasteiger partial charge in [0, 0.05) is 25.2 Å². The topological polar surface area (TPSA) is 96.5 Å². The van der Waals surface area contributed by atoms with Crippen LogP contribution in [0, 0.1) is 17.5 Å². The molecule has 0 fully saturated rings. The van der Waals surface area contributed by atoms with Crippen LogP contribution in [0.1, 0.15) is 43.1 Å². The highest BCUT2D eigenvalue weighted by atomic mass is 19.2. The summed E-state index contributed by atoms with van der Waals surface area (Å²) in [6, 6.07) is 7.90. The van der Waals surface area contributed by atoms with Gasteiger partial charge in [0.1, 0.15) is 5.60 Å². The monoisotopic (exact) mass is 451 g/mol. The molecule has 0 heterocycles. The van der Waals surface area contributed by atoms with Gasteiger partial charge in [0.25, 0.3) is 5.91 Å². The third kappa shape index (κ3) is 7.29. The summed E-state index contributed by atoms with van der Waals surface area (Å²) >= 11 is 0. The molecule has 0 aliphatic rings. The lowest BCUT2D eigenvalue weighted by molar-refractivity contribution is -0.121. The summed E-state index contributed by atoms with van der Waals surface area (Å²) in [5.41, 5.74) is -0.551. The Morgan fingerprint density at radius 3 is 2.31 bits per heavy atom. The second-order valence-electron chi connectivity index (χ2n) is 7.79. The zero-order valence-corrected chi connectivity index (χ0v) is 17.9. The summed E-state index contributed by atoms with van der Waals surface area (Å²) in [6.45, 7) is 5.25. The second-order valence-corrected chi connectivity index (χ2v) is 7.79. The van der Waals surface area contributed by atoms with Crippen LogP contribution in [-0.2, 0) is 16.1 Å². The van der Waals surface area contributed by atoms with Gasteiger partial charge in [0.15, 0.2) is 17.5 Å². The number of carbonyl (C=O) groups is 3. The molecule has 0 radical (unpaired) electrons. The highest BCUT2D eigenvalue weighted by Crippen LogP contribution is 2.19. The van der Waals surface area contributed by atoms with Gasteiger partial charge in [-0.15, -0.1) is 0 Å². The van der Waals surface area contributed by atoms with Crippen molar-refractivity contribution >= 4 is 23.6 Å². The van der Waals surface area contributed by atoms with Crippen molar-refractivity contribution in [3.05, 3.63) is 65.0 Å². The van der Waals surface area contributed by atoms with Crippen LogP contribution in [0.15, 0.2) is 36.4 Å². The first-order valence-corrected chi connectivity index (χ1v) is 9.74. The van der Waals surface area contributed by atoms with Crippen LogP contribution in [-0.4, -0.2) is 30.1 Å². The van der Waals surface area contributed by atoms with E-state index in [1.165, 1.54) is 6.07 Å². The molecule has 10 heteroatoms. The first-order valence-electron chi connectivity index (χ1n) is 9.74. The molecule has 2 aromatic carbocycles. The van der Waals surface area contributed by atoms with Gasteiger partial charge in [-0.05, 0) is 44.5 Å². The molecule has 0 aliphatic carbocycles. The molecule has 0 saturated heterocycles. The SMILES string of the molecule is CC(C)(C)OC(=O)NCCC(=O)NCc1ccccc1NC(=O)c1ccc(F)c(F)c1F. The number of halogens is 3. The average molecular weight is 451 g/mol. The molecule has 3 amide bonds. The standard InChI is InChI=1S/C22H24F3N3O4/c1-22(2,3)32-21(31)26-11-10-17(29)27-12-13-6-4-5-7-16(13)28-20(30)14-8-9-15(23)19(25)18(14)24/h4-9H,10-12H2,1-3H3,(H,26,31)(H,27,29)(H,28,30). The number of alkyl carbamates (subject to hydrolysis) is 1. The Morgan fingerprint density at radius 1 is 0.938 bits per heavy atom. The molecule has 172 valence electrons. The lowest BCUT2D eigenvalue weighted by Crippen LogP contribution is -2.35. The van der Waals surface area contributed by atoms with Crippen LogP contribution < -0.4 is 16.0 Å². The van der Waals surface area contributed by atoms with E-state index >= 15 is 0 Å². The largest absolute Gasteiger partial charge is 0.444 e. The van der Waals surface area contributed by atoms with Crippen molar-refractivity contribution in [1.82, 2.24) is 10.6 Å². The number of hydrogen-bond acceptors (Lipinski definition) is 4. The number of amides is 3. The van der Waals surface area contributed by atoms with E-state index in [-0.39, 0.29) is 31.1 Å². The molecular formula is C22H24F3N3O4. The van der Waals surface area contributed by atoms with Crippen LogP contribution in [0.3, 0.4) is 0 Å². The van der Waals surface area contributed by atoms with E-state index in [1.54, 1.807) is 39.0 Å². The second kappa shape index (κ2) is 10.7. The first kappa shape index (κ1) is 24.7. The molecule has 0 saturated carbocycles. The fourth-order valence-corrected chi connectivity index (χ4v) is 2.56. The minimum Gasteiger partial charge on any atom is -0.444 e. The van der Waals surface area contributed by atoms with Gasteiger partial charge in [0.05, 0.1) is 5.56 Å². The summed E-state index contributed by atoms with van der Waals surface area (Å²) in [5.74, 6) is -6.07. The van der Waals surface area contributed by atoms with Crippen molar-refractivity contribution in [3.63, 3.8) is 0 Å². The molecule has 2 rings (SSSR count). The fraction of sp³-hybridized carbons (Fsp3) is 0.318. The molecule has 0 bridgehead atoms. The van der Waals surface area contributed by atoms with E-state index in [1.807, 2.05) is 0 Å². The molecule has 32 heavy (non-hydrogen) atoms. The summed E-state index contributed by atoms with van der Waals surface area (Å²) in [6.07, 6.45) is -0.642. The molecule has 0 spiro atoms. The third-order valence-electron chi connectivity index (χ3n) is 4.04. The minimum absolute atomic E-state index is 0.00611. The maximum atomic E-state index is 13.9. The van der Waals surface area contributed by atoms with Crippen molar-refractivity contribution in [1.29, 1.82) is 0 Å². The van der Waals surface area contributed by atoms with Crippen molar-refractivity contribution in [2.75, 3.05) is 11.9 Å². The number of ether oxygens (including phenoxy) is 1. The van der Waals surface area contributed by atoms with Gasteiger partial charge in [-0.2, -0.15) is 0 Å². The number of para-hydroxylation sites is 1. The van der Waals surface area contributed by atoms with Crippen molar-refractivity contribution in [2.24, 2.45) is 0 Å². The number of rotatable bonds is 7. The Morgan fingerprint density at radius 2 is 1.62 bits per heavy atom. The predicted octanol–water partition coefficient (Wildman–Crippen LogP) is 3.89. The number of carbonyl (C=O) groups excluding carboxylic acids is 3. The summed E-state index contributed by atoms with van der Waals surface area (Å²) < 4.78 is 45.4. The van der Waals surface area contributed by atoms with E-state index in [0.717, 1.165) is 6.07 Å². The normalized spacial score (nSPS) is 10.9. The lowest BCUT2D eigenvalue weighted by Gasteiger charge is -2.19. The molecule has 0 unspecified atom stereocenters. The Bertz CT molecular complexity index is 1010. The Kier molecular flexibility index (Phi) is 8.22. The van der Waals surface area contributed by atoms with Gasteiger partial charge >= 0.3 is 6.09 Å². The van der Waals surface area contributed by atoms with Gasteiger partial charge in [0.2, 0.25) is 5.91 Å². The maximum Gasteiger partial charge on any atom is 0.407 e. The lowest BCUT2D eigenvalue weighted by atomic mass is 10.1. The number of benzene rings is 2. The summed E-state index contributed by atoms with van der Waals surface area (Å²) in [4.78, 5) is 35.9. The Labute approximate surface area is 183 Å². The fourth-order valence-electron chi connectivity index (χ4n) is 2.56. The van der Waals surface area contributed by atoms with Crippen molar-refractivity contribution < 1.29 is 32.3 Å². The number of nitrogens with one attached hydrogen (secondary N) is 3. The van der Waals surface area contributed by atoms with Crippen LogP contribution in [0.4, 0.5) is 23.7 Å². The molecule has 7 nitrogen and oxygen atoms in total. The van der Waals surface area contributed by atoms with E-state index in [9.17, 15) is 27.6 Å². The van der Waals surface area contributed by atoms with E-state index in [4.69, 9.17) is 4.74 Å². The van der Waals surface area contributed by atoms with Crippen molar-refractivity contribution in [2.45, 2.75) is 39.3 Å². The predicted molar refractivity (Wildman–Crippen MR) is 111 cm³/mol. The van der Waals surface area contributed by atoms with E-state index in [0.29, 0.717) is 11.6 Å². The van der Waals surface area contributed by atoms with Gasteiger partial charge in [-0.3, -0.25) is 9.59 Å². The van der Waals surface area contributed by atoms with Crippen LogP contribution in [0.5, 0.6) is 0 Å². The minimum atomic E-state index is -1.74. The van der Waals surface area contributed by atoms with Crippen LogP contribution >= 0.6 is 0 Å². The Hall–Kier alpha value is -3.56. The molecular weight excluding hydrogens is 427 g/mol. The van der Waals surface area contributed by atoms with Crippen molar-refractivity contribution in [3.8, 4) is 0 Å². The zero-order chi connectivity index (χ0) is 23.9.